The summed E-state index contributed by atoms with van der Waals surface area (Å²) < 4.78 is 10.6. The first-order chi connectivity index (χ1) is 10.8. The summed E-state index contributed by atoms with van der Waals surface area (Å²) >= 11 is 0. The highest BCUT2D eigenvalue weighted by Crippen LogP contribution is 2.28. The van der Waals surface area contributed by atoms with Gasteiger partial charge in [0, 0.05) is 12.4 Å². The van der Waals surface area contributed by atoms with Crippen LogP contribution in [0.3, 0.4) is 0 Å². The molecular formula is C17H17N3O3. The van der Waals surface area contributed by atoms with Crippen molar-refractivity contribution in [3.63, 3.8) is 0 Å². The molecule has 2 rings (SSSR count). The monoisotopic (exact) mass is 311 g/mol. The van der Waals surface area contributed by atoms with Gasteiger partial charge in [-0.2, -0.15) is 5.26 Å². The van der Waals surface area contributed by atoms with Crippen LogP contribution in [0.4, 0.5) is 0 Å². The van der Waals surface area contributed by atoms with Crippen LogP contribution in [0.25, 0.3) is 11.3 Å². The molecule has 2 aromatic heterocycles. The Morgan fingerprint density at radius 2 is 2.04 bits per heavy atom. The normalized spacial score (nSPS) is 10.7. The van der Waals surface area contributed by atoms with Crippen LogP contribution in [0.1, 0.15) is 36.8 Å². The topological polar surface area (TPSA) is 85.1 Å². The first-order valence-electron chi connectivity index (χ1n) is 6.98. The molecule has 0 saturated heterocycles. The number of pyridine rings is 2. The number of ether oxygens (including phenoxy) is 2. The molecule has 0 atom stereocenters. The molecule has 0 amide bonds. The Kier molecular flexibility index (Phi) is 4.60. The van der Waals surface area contributed by atoms with Gasteiger partial charge in [0.15, 0.2) is 0 Å². The van der Waals surface area contributed by atoms with Crippen molar-refractivity contribution in [1.29, 1.82) is 5.26 Å². The van der Waals surface area contributed by atoms with E-state index in [9.17, 15) is 4.79 Å². The minimum atomic E-state index is -0.626. The van der Waals surface area contributed by atoms with Gasteiger partial charge in [0.25, 0.3) is 0 Å². The number of hydrogen-bond acceptors (Lipinski definition) is 6. The number of rotatable bonds is 3. The summed E-state index contributed by atoms with van der Waals surface area (Å²) in [6, 6.07) is 6.60. The SMILES string of the molecule is COc1ccncc1-c1cc(C(=O)OC(C)(C)C)cc(C#N)n1. The van der Waals surface area contributed by atoms with Gasteiger partial charge in [-0.05, 0) is 39.0 Å². The van der Waals surface area contributed by atoms with E-state index in [1.165, 1.54) is 13.2 Å². The smallest absolute Gasteiger partial charge is 0.338 e. The fourth-order valence-electron chi connectivity index (χ4n) is 1.93. The second-order valence-corrected chi connectivity index (χ2v) is 5.82. The van der Waals surface area contributed by atoms with Crippen molar-refractivity contribution in [2.45, 2.75) is 26.4 Å². The molecule has 2 heterocycles. The standard InChI is InChI=1S/C17H17N3O3/c1-17(2,3)23-16(21)11-7-12(9-18)20-14(8-11)13-10-19-6-5-15(13)22-4/h5-8,10H,1-4H3. The second-order valence-electron chi connectivity index (χ2n) is 5.82. The van der Waals surface area contributed by atoms with Crippen molar-refractivity contribution in [1.82, 2.24) is 9.97 Å². The fourth-order valence-corrected chi connectivity index (χ4v) is 1.93. The van der Waals surface area contributed by atoms with E-state index in [1.54, 1.807) is 45.3 Å². The molecular weight excluding hydrogens is 294 g/mol. The van der Waals surface area contributed by atoms with Crippen LogP contribution >= 0.6 is 0 Å². The van der Waals surface area contributed by atoms with Crippen LogP contribution in [0.15, 0.2) is 30.6 Å². The summed E-state index contributed by atoms with van der Waals surface area (Å²) in [6.07, 6.45) is 3.16. The van der Waals surface area contributed by atoms with Gasteiger partial charge in [0.1, 0.15) is 23.1 Å². The lowest BCUT2D eigenvalue weighted by molar-refractivity contribution is 0.00694. The quantitative estimate of drug-likeness (QED) is 0.810. The Balaban J connectivity index is 2.52. The van der Waals surface area contributed by atoms with Crippen molar-refractivity contribution in [2.75, 3.05) is 7.11 Å². The highest BCUT2D eigenvalue weighted by Gasteiger charge is 2.20. The van der Waals surface area contributed by atoms with Gasteiger partial charge >= 0.3 is 5.97 Å². The molecule has 0 saturated carbocycles. The summed E-state index contributed by atoms with van der Waals surface area (Å²) in [5.74, 6) is 0.0400. The summed E-state index contributed by atoms with van der Waals surface area (Å²) in [4.78, 5) is 20.5. The Morgan fingerprint density at radius 1 is 1.30 bits per heavy atom. The molecule has 0 radical (unpaired) electrons. The maximum atomic E-state index is 12.3. The molecule has 0 aliphatic heterocycles. The molecule has 0 aliphatic carbocycles. The van der Waals surface area contributed by atoms with Crippen molar-refractivity contribution < 1.29 is 14.3 Å². The Morgan fingerprint density at radius 3 is 2.65 bits per heavy atom. The number of methoxy groups -OCH3 is 1. The molecule has 6 nitrogen and oxygen atoms in total. The average Bonchev–Trinajstić information content (AvgIpc) is 2.52. The number of carbonyl (C=O) groups is 1. The molecule has 6 heteroatoms. The molecule has 0 bridgehead atoms. The minimum absolute atomic E-state index is 0.120. The highest BCUT2D eigenvalue weighted by atomic mass is 16.6. The molecule has 0 spiro atoms. The summed E-state index contributed by atoms with van der Waals surface area (Å²) in [5, 5.41) is 9.16. The van der Waals surface area contributed by atoms with Gasteiger partial charge in [-0.3, -0.25) is 4.98 Å². The predicted molar refractivity (Wildman–Crippen MR) is 83.9 cm³/mol. The van der Waals surface area contributed by atoms with Crippen molar-refractivity contribution in [3.8, 4) is 23.1 Å². The number of hydrogen-bond donors (Lipinski definition) is 0. The predicted octanol–water partition coefficient (Wildman–Crippen LogP) is 2.98. The minimum Gasteiger partial charge on any atom is -0.496 e. The van der Waals surface area contributed by atoms with Gasteiger partial charge in [-0.25, -0.2) is 9.78 Å². The molecule has 0 N–H and O–H groups in total. The van der Waals surface area contributed by atoms with Crippen LogP contribution in [0.5, 0.6) is 5.75 Å². The maximum Gasteiger partial charge on any atom is 0.338 e. The second kappa shape index (κ2) is 6.44. The largest absolute Gasteiger partial charge is 0.496 e. The van der Waals surface area contributed by atoms with Crippen molar-refractivity contribution >= 4 is 5.97 Å². The van der Waals surface area contributed by atoms with Crippen LogP contribution in [0, 0.1) is 11.3 Å². The van der Waals surface area contributed by atoms with E-state index < -0.39 is 11.6 Å². The lowest BCUT2D eigenvalue weighted by Crippen LogP contribution is -2.24. The Labute approximate surface area is 134 Å². The van der Waals surface area contributed by atoms with Crippen molar-refractivity contribution in [2.24, 2.45) is 0 Å². The van der Waals surface area contributed by atoms with E-state index in [0.29, 0.717) is 17.0 Å². The maximum absolute atomic E-state index is 12.3. The summed E-state index contributed by atoms with van der Waals surface area (Å²) in [7, 11) is 1.53. The lowest BCUT2D eigenvalue weighted by Gasteiger charge is -2.19. The molecule has 2 aromatic rings. The first-order valence-corrected chi connectivity index (χ1v) is 6.98. The highest BCUT2D eigenvalue weighted by molar-refractivity contribution is 5.91. The molecule has 23 heavy (non-hydrogen) atoms. The Hall–Kier alpha value is -2.94. The molecule has 0 unspecified atom stereocenters. The van der Waals surface area contributed by atoms with Crippen molar-refractivity contribution in [3.05, 3.63) is 41.9 Å². The van der Waals surface area contributed by atoms with Gasteiger partial charge in [0.2, 0.25) is 0 Å². The van der Waals surface area contributed by atoms with Gasteiger partial charge in [-0.15, -0.1) is 0 Å². The van der Waals surface area contributed by atoms with E-state index in [-0.39, 0.29) is 11.3 Å². The summed E-state index contributed by atoms with van der Waals surface area (Å²) in [6.45, 7) is 5.34. The van der Waals surface area contributed by atoms with Gasteiger partial charge in [0.05, 0.1) is 23.9 Å². The Bertz CT molecular complexity index is 773. The van der Waals surface area contributed by atoms with E-state index in [4.69, 9.17) is 14.7 Å². The number of aromatic nitrogens is 2. The first kappa shape index (κ1) is 16.4. The van der Waals surface area contributed by atoms with E-state index in [1.807, 2.05) is 6.07 Å². The molecule has 0 fully saturated rings. The third-order valence-corrected chi connectivity index (χ3v) is 2.85. The van der Waals surface area contributed by atoms with Crippen LogP contribution in [-0.4, -0.2) is 28.6 Å². The third-order valence-electron chi connectivity index (χ3n) is 2.85. The van der Waals surface area contributed by atoms with E-state index >= 15 is 0 Å². The third kappa shape index (κ3) is 4.04. The zero-order valence-electron chi connectivity index (χ0n) is 13.5. The number of carbonyl (C=O) groups excluding carboxylic acids is 1. The zero-order chi connectivity index (χ0) is 17.0. The number of esters is 1. The van der Waals surface area contributed by atoms with Crippen LogP contribution < -0.4 is 4.74 Å². The molecule has 0 aromatic carbocycles. The van der Waals surface area contributed by atoms with Crippen LogP contribution in [0.2, 0.25) is 0 Å². The zero-order valence-corrected chi connectivity index (χ0v) is 13.5. The number of nitrogens with zero attached hydrogens (tertiary/aromatic N) is 3. The van der Waals surface area contributed by atoms with E-state index in [2.05, 4.69) is 9.97 Å². The summed E-state index contributed by atoms with van der Waals surface area (Å²) in [5.41, 5.74) is 0.771. The van der Waals surface area contributed by atoms with E-state index in [0.717, 1.165) is 0 Å². The number of nitriles is 1. The fraction of sp³-hybridized carbons (Fsp3) is 0.294. The van der Waals surface area contributed by atoms with Gasteiger partial charge in [-0.1, -0.05) is 0 Å². The lowest BCUT2D eigenvalue weighted by atomic mass is 10.1. The van der Waals surface area contributed by atoms with Crippen LogP contribution in [-0.2, 0) is 4.74 Å². The molecule has 0 aliphatic rings. The average molecular weight is 311 g/mol. The molecule has 118 valence electrons. The van der Waals surface area contributed by atoms with Gasteiger partial charge < -0.3 is 9.47 Å².